The Bertz CT molecular complexity index is 3300. The molecule has 0 aliphatic heterocycles. The van der Waals surface area contributed by atoms with Gasteiger partial charge >= 0.3 is 0 Å². The number of nitrogens with zero attached hydrogens (tertiary/aromatic N) is 1. The summed E-state index contributed by atoms with van der Waals surface area (Å²) in [5.74, 6) is 0. The van der Waals surface area contributed by atoms with Crippen LogP contribution in [0.4, 0.5) is 17.1 Å². The summed E-state index contributed by atoms with van der Waals surface area (Å²) in [6.07, 6.45) is 0. The molecule has 0 amide bonds. The maximum Gasteiger partial charge on any atom is 0.0726 e. The predicted molar refractivity (Wildman–Crippen MR) is 260 cm³/mol. The molecule has 3 aliphatic rings. The zero-order chi connectivity index (χ0) is 41.5. The molecule has 0 fully saturated rings. The van der Waals surface area contributed by atoms with Crippen LogP contribution in [-0.2, 0) is 10.8 Å². The molecule has 1 heteroatoms. The highest BCUT2D eigenvalue weighted by Gasteiger charge is 2.52. The Morgan fingerprint density at radius 2 is 0.667 bits per heavy atom. The van der Waals surface area contributed by atoms with E-state index in [4.69, 9.17) is 0 Å². The lowest BCUT2D eigenvalue weighted by atomic mass is 9.68. The van der Waals surface area contributed by atoms with Crippen molar-refractivity contribution in [3.05, 3.63) is 293 Å². The van der Waals surface area contributed by atoms with Crippen LogP contribution in [-0.4, -0.2) is 0 Å². The largest absolute Gasteiger partial charge is 0.310 e. The summed E-state index contributed by atoms with van der Waals surface area (Å²) in [5.41, 5.74) is 23.1. The zero-order valence-corrected chi connectivity index (χ0v) is 34.6. The molecular weight excluding hydrogens is 759 g/mol. The van der Waals surface area contributed by atoms with Crippen molar-refractivity contribution in [1.82, 2.24) is 0 Å². The lowest BCUT2D eigenvalue weighted by molar-refractivity contribution is 0.768. The van der Waals surface area contributed by atoms with Gasteiger partial charge in [-0.05, 0) is 114 Å². The third-order valence-corrected chi connectivity index (χ3v) is 14.2. The Hall–Kier alpha value is -8.00. The summed E-state index contributed by atoms with van der Waals surface area (Å²) < 4.78 is 0. The smallest absolute Gasteiger partial charge is 0.0726 e. The molecule has 3 aliphatic carbocycles. The lowest BCUT2D eigenvalue weighted by Crippen LogP contribution is -2.28. The van der Waals surface area contributed by atoms with Crippen molar-refractivity contribution >= 4 is 17.1 Å². The maximum absolute atomic E-state index is 2.52. The zero-order valence-electron chi connectivity index (χ0n) is 34.6. The molecule has 0 bridgehead atoms. The van der Waals surface area contributed by atoms with Gasteiger partial charge in [-0.2, -0.15) is 0 Å². The quantitative estimate of drug-likeness (QED) is 0.162. The van der Waals surface area contributed by atoms with E-state index in [9.17, 15) is 0 Å². The van der Waals surface area contributed by atoms with E-state index in [0.29, 0.717) is 0 Å². The number of hydrogen-bond donors (Lipinski definition) is 0. The third-order valence-electron chi connectivity index (χ3n) is 14.2. The normalized spacial score (nSPS) is 14.0. The van der Waals surface area contributed by atoms with Crippen molar-refractivity contribution in [1.29, 1.82) is 0 Å². The van der Waals surface area contributed by atoms with Crippen LogP contribution in [0.25, 0.3) is 44.5 Å². The average molecular weight is 800 g/mol. The van der Waals surface area contributed by atoms with Gasteiger partial charge in [0.2, 0.25) is 0 Å². The second-order valence-electron chi connectivity index (χ2n) is 17.1. The summed E-state index contributed by atoms with van der Waals surface area (Å²) in [6, 6.07) is 92.6. The van der Waals surface area contributed by atoms with E-state index < -0.39 is 10.8 Å². The first-order chi connectivity index (χ1) is 31.3. The van der Waals surface area contributed by atoms with Crippen molar-refractivity contribution in [3.8, 4) is 44.5 Å². The molecule has 1 spiro atoms. The van der Waals surface area contributed by atoms with Gasteiger partial charge in [0.1, 0.15) is 0 Å². The lowest BCUT2D eigenvalue weighted by Gasteiger charge is -2.34. The van der Waals surface area contributed by atoms with Gasteiger partial charge in [0.25, 0.3) is 0 Å². The van der Waals surface area contributed by atoms with Crippen molar-refractivity contribution in [3.63, 3.8) is 0 Å². The van der Waals surface area contributed by atoms with Gasteiger partial charge in [0, 0.05) is 16.9 Å². The van der Waals surface area contributed by atoms with E-state index in [1.165, 1.54) is 89.0 Å². The molecule has 0 saturated carbocycles. The van der Waals surface area contributed by atoms with E-state index in [1.807, 2.05) is 0 Å². The van der Waals surface area contributed by atoms with Crippen LogP contribution >= 0.6 is 0 Å². The number of anilines is 3. The van der Waals surface area contributed by atoms with Crippen LogP contribution in [0.1, 0.15) is 44.5 Å². The van der Waals surface area contributed by atoms with Gasteiger partial charge < -0.3 is 4.90 Å². The average Bonchev–Trinajstić information content (AvgIpc) is 3.96. The molecule has 63 heavy (non-hydrogen) atoms. The fraction of sp³-hybridized carbons (Fsp3) is 0.0323. The monoisotopic (exact) mass is 799 g/mol. The minimum absolute atomic E-state index is 0.445. The first-order valence-electron chi connectivity index (χ1n) is 22.0. The van der Waals surface area contributed by atoms with Gasteiger partial charge in [-0.3, -0.25) is 0 Å². The molecule has 0 aromatic heterocycles. The van der Waals surface area contributed by atoms with Crippen LogP contribution in [0.3, 0.4) is 0 Å². The van der Waals surface area contributed by atoms with Gasteiger partial charge in [-0.15, -0.1) is 0 Å². The molecule has 13 rings (SSSR count). The van der Waals surface area contributed by atoms with Crippen molar-refractivity contribution in [2.75, 3.05) is 4.90 Å². The predicted octanol–water partition coefficient (Wildman–Crippen LogP) is 15.5. The van der Waals surface area contributed by atoms with Crippen molar-refractivity contribution in [2.24, 2.45) is 0 Å². The van der Waals surface area contributed by atoms with Gasteiger partial charge in [-0.1, -0.05) is 218 Å². The molecule has 0 N–H and O–H groups in total. The fourth-order valence-electron chi connectivity index (χ4n) is 11.7. The molecule has 10 aromatic carbocycles. The summed E-state index contributed by atoms with van der Waals surface area (Å²) in [4.78, 5) is 2.52. The van der Waals surface area contributed by atoms with E-state index in [2.05, 4.69) is 254 Å². The SMILES string of the molecule is c1ccc(-c2ccc(N(c3ccc4c(c3)-c3ccccc3C4(c3ccccc3)c3ccccc3)c3cccc4c3-c3ccccc3C43c4ccccc4-c4ccccc43)cc2)cc1. The van der Waals surface area contributed by atoms with Gasteiger partial charge in [-0.25, -0.2) is 0 Å². The van der Waals surface area contributed by atoms with E-state index in [0.717, 1.165) is 17.1 Å². The van der Waals surface area contributed by atoms with Gasteiger partial charge in [0.15, 0.2) is 0 Å². The van der Waals surface area contributed by atoms with Crippen LogP contribution in [0, 0.1) is 0 Å². The van der Waals surface area contributed by atoms with Crippen LogP contribution in [0.2, 0.25) is 0 Å². The van der Waals surface area contributed by atoms with Crippen molar-refractivity contribution < 1.29 is 0 Å². The van der Waals surface area contributed by atoms with Crippen LogP contribution in [0.5, 0.6) is 0 Å². The molecule has 0 saturated heterocycles. The molecule has 0 radical (unpaired) electrons. The minimum atomic E-state index is -0.474. The minimum Gasteiger partial charge on any atom is -0.310 e. The van der Waals surface area contributed by atoms with Gasteiger partial charge in [0.05, 0.1) is 16.5 Å². The molecule has 10 aromatic rings. The second-order valence-corrected chi connectivity index (χ2v) is 17.1. The van der Waals surface area contributed by atoms with E-state index in [1.54, 1.807) is 0 Å². The molecule has 0 unspecified atom stereocenters. The Labute approximate surface area is 368 Å². The second kappa shape index (κ2) is 13.8. The summed E-state index contributed by atoms with van der Waals surface area (Å²) in [7, 11) is 0. The molecule has 0 heterocycles. The van der Waals surface area contributed by atoms with E-state index >= 15 is 0 Å². The Balaban J connectivity index is 1.09. The summed E-state index contributed by atoms with van der Waals surface area (Å²) in [6.45, 7) is 0. The molecular formula is C62H41N. The first-order valence-corrected chi connectivity index (χ1v) is 22.0. The topological polar surface area (TPSA) is 3.24 Å². The van der Waals surface area contributed by atoms with Crippen molar-refractivity contribution in [2.45, 2.75) is 10.8 Å². The molecule has 1 nitrogen and oxygen atoms in total. The molecule has 0 atom stereocenters. The Kier molecular flexibility index (Phi) is 7.80. The summed E-state index contributed by atoms with van der Waals surface area (Å²) in [5, 5.41) is 0. The fourth-order valence-corrected chi connectivity index (χ4v) is 11.7. The van der Waals surface area contributed by atoms with E-state index in [-0.39, 0.29) is 0 Å². The molecule has 294 valence electrons. The third kappa shape index (κ3) is 4.88. The maximum atomic E-state index is 2.52. The highest BCUT2D eigenvalue weighted by atomic mass is 15.1. The number of fused-ring (bicyclic) bond motifs is 13. The first kappa shape index (κ1) is 35.7. The van der Waals surface area contributed by atoms with Crippen LogP contribution in [0.15, 0.2) is 249 Å². The van der Waals surface area contributed by atoms with Crippen LogP contribution < -0.4 is 4.90 Å². The number of rotatable bonds is 6. The number of hydrogen-bond acceptors (Lipinski definition) is 1. The standard InChI is InChI=1S/C62H41N/c1-4-19-42(20-5-1)43-35-37-46(38-36-43)63(47-39-40-57-52(41-47)50-27-12-14-29-53(50)61(57,44-21-6-2-7-22-44)45-23-8-3-9-24-45)59-34-18-33-58-60(59)51-28-13-17-32-56(51)62(58)54-30-15-10-25-48(54)49-26-11-16-31-55(49)62/h1-41H. The highest BCUT2D eigenvalue weighted by Crippen LogP contribution is 2.65. The Morgan fingerprint density at radius 1 is 0.254 bits per heavy atom. The Morgan fingerprint density at radius 3 is 1.25 bits per heavy atom. The number of benzene rings is 10. The highest BCUT2D eigenvalue weighted by molar-refractivity contribution is 6.02. The summed E-state index contributed by atoms with van der Waals surface area (Å²) >= 11 is 0.